The van der Waals surface area contributed by atoms with Crippen LogP contribution in [-0.2, 0) is 0 Å². The van der Waals surface area contributed by atoms with E-state index in [1.165, 1.54) is 0 Å². The quantitative estimate of drug-likeness (QED) is 0.585. The number of aromatic amines is 1. The molecule has 0 aliphatic carbocycles. The Morgan fingerprint density at radius 3 is 2.60 bits per heavy atom. The van der Waals surface area contributed by atoms with Crippen LogP contribution in [0.25, 0.3) is 0 Å². The van der Waals surface area contributed by atoms with E-state index in [-0.39, 0.29) is 15.7 Å². The first-order valence-electron chi connectivity index (χ1n) is 2.16. The van der Waals surface area contributed by atoms with Crippen LogP contribution in [0.1, 0.15) is 0 Å². The van der Waals surface area contributed by atoms with E-state index in [1.54, 1.807) is 0 Å². The molecule has 0 aliphatic rings. The third-order valence-corrected chi connectivity index (χ3v) is 1.53. The molecule has 1 aromatic heterocycles. The molecular weight excluding hydrogens is 225 g/mol. The van der Waals surface area contributed by atoms with Gasteiger partial charge in [0.05, 0.1) is 0 Å². The molecule has 0 aliphatic heterocycles. The highest BCUT2D eigenvalue weighted by Crippen LogP contribution is 2.22. The molecule has 54 valence electrons. The monoisotopic (exact) mass is 225 g/mol. The summed E-state index contributed by atoms with van der Waals surface area (Å²) in [5, 5.41) is 10.1. The fourth-order valence-corrected chi connectivity index (χ4v) is 1.13. The van der Waals surface area contributed by atoms with Crippen LogP contribution >= 0.6 is 27.5 Å². The van der Waals surface area contributed by atoms with Crippen LogP contribution in [-0.4, -0.2) is 14.9 Å². The maximum absolute atomic E-state index is 10.1. The van der Waals surface area contributed by atoms with E-state index in [9.17, 15) is 10.1 Å². The minimum Gasteiger partial charge on any atom is -0.358 e. The van der Waals surface area contributed by atoms with E-state index >= 15 is 0 Å². The highest BCUT2D eigenvalue weighted by molar-refractivity contribution is 9.10. The molecule has 0 unspecified atom stereocenters. The van der Waals surface area contributed by atoms with Crippen molar-refractivity contribution in [3.05, 3.63) is 20.0 Å². The van der Waals surface area contributed by atoms with Crippen LogP contribution in [0.5, 0.6) is 0 Å². The summed E-state index contributed by atoms with van der Waals surface area (Å²) in [6, 6.07) is 0. The van der Waals surface area contributed by atoms with E-state index < -0.39 is 4.92 Å². The Balaban J connectivity index is 3.15. The van der Waals surface area contributed by atoms with Crippen LogP contribution in [0.2, 0.25) is 5.28 Å². The molecule has 5 nitrogen and oxygen atoms in total. The molecule has 0 spiro atoms. The van der Waals surface area contributed by atoms with Gasteiger partial charge in [-0.15, -0.1) is 0 Å². The van der Waals surface area contributed by atoms with Crippen LogP contribution in [0, 0.1) is 10.1 Å². The maximum atomic E-state index is 10.1. The SMILES string of the molecule is O=[N+]([O-])c1[nH]c(Cl)nc1Br. The standard InChI is InChI=1S/C3HBrClN3O2/c4-1-2(8(9)10)7-3(5)6-1/h(H,6,7). The summed E-state index contributed by atoms with van der Waals surface area (Å²) < 4.78 is 0.113. The molecule has 1 rings (SSSR count). The van der Waals surface area contributed by atoms with E-state index in [0.717, 1.165) is 0 Å². The first-order chi connectivity index (χ1) is 4.61. The number of imidazole rings is 1. The van der Waals surface area contributed by atoms with Crippen molar-refractivity contribution >= 4 is 33.3 Å². The van der Waals surface area contributed by atoms with Gasteiger partial charge >= 0.3 is 5.82 Å². The predicted octanol–water partition coefficient (Wildman–Crippen LogP) is 1.73. The molecule has 1 aromatic rings. The fourth-order valence-electron chi connectivity index (χ4n) is 0.437. The number of halogens is 2. The van der Waals surface area contributed by atoms with E-state index in [0.29, 0.717) is 0 Å². The highest BCUT2D eigenvalue weighted by Gasteiger charge is 2.15. The van der Waals surface area contributed by atoms with Gasteiger partial charge in [0.15, 0.2) is 0 Å². The van der Waals surface area contributed by atoms with Crippen LogP contribution in [0.3, 0.4) is 0 Å². The summed E-state index contributed by atoms with van der Waals surface area (Å²) in [6.07, 6.45) is 0. The van der Waals surface area contributed by atoms with E-state index in [4.69, 9.17) is 11.6 Å². The number of hydrogen-bond acceptors (Lipinski definition) is 3. The third-order valence-electron chi connectivity index (χ3n) is 0.796. The van der Waals surface area contributed by atoms with Crippen molar-refractivity contribution in [2.24, 2.45) is 0 Å². The smallest absolute Gasteiger partial charge is 0.356 e. The maximum Gasteiger partial charge on any atom is 0.356 e. The number of nitro groups is 1. The molecule has 0 amide bonds. The number of aromatic nitrogens is 2. The highest BCUT2D eigenvalue weighted by atomic mass is 79.9. The zero-order chi connectivity index (χ0) is 7.72. The van der Waals surface area contributed by atoms with Crippen molar-refractivity contribution in [2.75, 3.05) is 0 Å². The molecule has 0 atom stereocenters. The van der Waals surface area contributed by atoms with Gasteiger partial charge in [0.1, 0.15) is 0 Å². The molecule has 0 fully saturated rings. The number of nitrogens with zero attached hydrogens (tertiary/aromatic N) is 2. The lowest BCUT2D eigenvalue weighted by atomic mass is 10.8. The molecule has 1 N–H and O–H groups in total. The topological polar surface area (TPSA) is 71.8 Å². The second-order valence-electron chi connectivity index (χ2n) is 1.42. The van der Waals surface area contributed by atoms with Crippen molar-refractivity contribution in [3.8, 4) is 0 Å². The zero-order valence-electron chi connectivity index (χ0n) is 4.47. The van der Waals surface area contributed by atoms with Crippen molar-refractivity contribution < 1.29 is 4.92 Å². The molecule has 0 radical (unpaired) electrons. The second kappa shape index (κ2) is 2.55. The average molecular weight is 226 g/mol. The van der Waals surface area contributed by atoms with Gasteiger partial charge in [-0.3, -0.25) is 0 Å². The first-order valence-corrected chi connectivity index (χ1v) is 3.33. The lowest BCUT2D eigenvalue weighted by Gasteiger charge is -1.86. The lowest BCUT2D eigenvalue weighted by molar-refractivity contribution is -0.390. The van der Waals surface area contributed by atoms with Crippen LogP contribution in [0.15, 0.2) is 4.60 Å². The van der Waals surface area contributed by atoms with Gasteiger partial charge in [0.2, 0.25) is 4.60 Å². The number of rotatable bonds is 1. The summed E-state index contributed by atoms with van der Waals surface area (Å²) in [4.78, 5) is 15.2. The molecule has 7 heteroatoms. The zero-order valence-corrected chi connectivity index (χ0v) is 6.81. The van der Waals surface area contributed by atoms with E-state index in [2.05, 4.69) is 25.9 Å². The summed E-state index contributed by atoms with van der Waals surface area (Å²) in [5.74, 6) is -0.231. The van der Waals surface area contributed by atoms with Gasteiger partial charge in [-0.05, 0) is 32.5 Å². The Morgan fingerprint density at radius 1 is 1.80 bits per heavy atom. The molecular formula is C3HBrClN3O2. The Bertz CT molecular complexity index is 273. The minimum atomic E-state index is -0.608. The third kappa shape index (κ3) is 1.27. The lowest BCUT2D eigenvalue weighted by Crippen LogP contribution is -1.87. The first kappa shape index (κ1) is 7.49. The normalized spacial score (nSPS) is 9.80. The second-order valence-corrected chi connectivity index (χ2v) is 2.53. The molecule has 0 bridgehead atoms. The van der Waals surface area contributed by atoms with Crippen LogP contribution in [0.4, 0.5) is 5.82 Å². The van der Waals surface area contributed by atoms with Gasteiger partial charge in [0, 0.05) is 0 Å². The molecule has 0 saturated heterocycles. The minimum absolute atomic E-state index is 0.00132. The van der Waals surface area contributed by atoms with Gasteiger partial charge in [0.25, 0.3) is 5.28 Å². The Labute approximate surface area is 68.7 Å². The van der Waals surface area contributed by atoms with Gasteiger partial charge in [-0.2, -0.15) is 4.98 Å². The summed E-state index contributed by atoms with van der Waals surface area (Å²) in [6.45, 7) is 0. The Morgan fingerprint density at radius 2 is 2.40 bits per heavy atom. The number of H-pyrrole nitrogens is 1. The molecule has 10 heavy (non-hydrogen) atoms. The fraction of sp³-hybridized carbons (Fsp3) is 0. The van der Waals surface area contributed by atoms with Crippen molar-refractivity contribution in [1.29, 1.82) is 0 Å². The van der Waals surface area contributed by atoms with Gasteiger partial charge in [-0.1, -0.05) is 0 Å². The van der Waals surface area contributed by atoms with E-state index in [1.807, 2.05) is 0 Å². The predicted molar refractivity (Wildman–Crippen MR) is 38.0 cm³/mol. The number of nitrogens with one attached hydrogen (secondary N) is 1. The largest absolute Gasteiger partial charge is 0.358 e. The Hall–Kier alpha value is -0.620. The average Bonchev–Trinajstić information content (AvgIpc) is 2.10. The molecule has 1 heterocycles. The van der Waals surface area contributed by atoms with Gasteiger partial charge < -0.3 is 10.1 Å². The molecule has 0 aromatic carbocycles. The summed E-state index contributed by atoms with van der Waals surface area (Å²) >= 11 is 8.16. The summed E-state index contributed by atoms with van der Waals surface area (Å²) in [7, 11) is 0. The van der Waals surface area contributed by atoms with Crippen molar-refractivity contribution in [1.82, 2.24) is 9.97 Å². The Kier molecular flexibility index (Phi) is 1.91. The van der Waals surface area contributed by atoms with Crippen molar-refractivity contribution in [2.45, 2.75) is 0 Å². The number of hydrogen-bond donors (Lipinski definition) is 1. The van der Waals surface area contributed by atoms with Crippen molar-refractivity contribution in [3.63, 3.8) is 0 Å². The van der Waals surface area contributed by atoms with Gasteiger partial charge in [-0.25, -0.2) is 4.98 Å². The molecule has 0 saturated carbocycles. The van der Waals surface area contributed by atoms with Crippen LogP contribution < -0.4 is 0 Å². The summed E-state index contributed by atoms with van der Waals surface area (Å²) in [5.41, 5.74) is 0.